The SMILES string of the molecule is C[C@H]1C[C@H](N2CCC(c3nc4ccccc4s3)CC2)C(=O)O1. The summed E-state index contributed by atoms with van der Waals surface area (Å²) in [5.74, 6) is 0.495. The maximum Gasteiger partial charge on any atom is 0.323 e. The van der Waals surface area contributed by atoms with Gasteiger partial charge in [-0.15, -0.1) is 11.3 Å². The molecule has 2 aromatic rings. The van der Waals surface area contributed by atoms with Crippen LogP contribution in [0.15, 0.2) is 24.3 Å². The van der Waals surface area contributed by atoms with Crippen LogP contribution in [0.3, 0.4) is 0 Å². The Balaban J connectivity index is 1.44. The first-order valence-corrected chi connectivity index (χ1v) is 8.82. The second-order valence-electron chi connectivity index (χ2n) is 6.33. The highest BCUT2D eigenvalue weighted by molar-refractivity contribution is 7.18. The van der Waals surface area contributed by atoms with Crippen LogP contribution in [0.5, 0.6) is 0 Å². The van der Waals surface area contributed by atoms with E-state index in [2.05, 4.69) is 23.1 Å². The zero-order valence-electron chi connectivity index (χ0n) is 12.7. The summed E-state index contributed by atoms with van der Waals surface area (Å²) in [5.41, 5.74) is 1.11. The third kappa shape index (κ3) is 2.52. The van der Waals surface area contributed by atoms with Gasteiger partial charge in [-0.2, -0.15) is 0 Å². The number of carbonyl (C=O) groups is 1. The Morgan fingerprint density at radius 2 is 2.05 bits per heavy atom. The molecule has 3 heterocycles. The summed E-state index contributed by atoms with van der Waals surface area (Å²) < 4.78 is 6.56. The van der Waals surface area contributed by atoms with Crippen LogP contribution in [0.25, 0.3) is 10.2 Å². The number of rotatable bonds is 2. The molecule has 5 heteroatoms. The van der Waals surface area contributed by atoms with E-state index in [4.69, 9.17) is 9.72 Å². The van der Waals surface area contributed by atoms with Crippen molar-refractivity contribution in [1.82, 2.24) is 9.88 Å². The van der Waals surface area contributed by atoms with Gasteiger partial charge in [-0.3, -0.25) is 9.69 Å². The Labute approximate surface area is 134 Å². The molecule has 1 aromatic carbocycles. The molecule has 22 heavy (non-hydrogen) atoms. The second kappa shape index (κ2) is 5.63. The molecular weight excluding hydrogens is 296 g/mol. The van der Waals surface area contributed by atoms with Gasteiger partial charge in [-0.1, -0.05) is 12.1 Å². The van der Waals surface area contributed by atoms with Crippen LogP contribution in [0.4, 0.5) is 0 Å². The first-order valence-electron chi connectivity index (χ1n) is 8.01. The summed E-state index contributed by atoms with van der Waals surface area (Å²) in [4.78, 5) is 19.0. The van der Waals surface area contributed by atoms with Gasteiger partial charge in [0, 0.05) is 12.3 Å². The maximum absolute atomic E-state index is 11.9. The largest absolute Gasteiger partial charge is 0.461 e. The van der Waals surface area contributed by atoms with E-state index in [9.17, 15) is 4.79 Å². The van der Waals surface area contributed by atoms with Gasteiger partial charge in [0.2, 0.25) is 0 Å². The molecule has 0 bridgehead atoms. The Hall–Kier alpha value is -1.46. The highest BCUT2D eigenvalue weighted by Gasteiger charge is 2.38. The number of fused-ring (bicyclic) bond motifs is 1. The lowest BCUT2D eigenvalue weighted by Crippen LogP contribution is -2.43. The minimum absolute atomic E-state index is 0.0219. The third-order valence-electron chi connectivity index (χ3n) is 4.77. The standard InChI is InChI=1S/C17H20N2O2S/c1-11-10-14(17(20)21-11)19-8-6-12(7-9-19)16-18-13-4-2-3-5-15(13)22-16/h2-5,11-12,14H,6-10H2,1H3/t11-,14-/m0/s1. The summed E-state index contributed by atoms with van der Waals surface area (Å²) in [6.45, 7) is 3.91. The molecule has 2 aliphatic heterocycles. The summed E-state index contributed by atoms with van der Waals surface area (Å²) in [6, 6.07) is 8.31. The van der Waals surface area contributed by atoms with E-state index < -0.39 is 0 Å². The third-order valence-corrected chi connectivity index (χ3v) is 5.97. The lowest BCUT2D eigenvalue weighted by atomic mass is 9.96. The fourth-order valence-corrected chi connectivity index (χ4v) is 4.69. The Morgan fingerprint density at radius 1 is 1.27 bits per heavy atom. The van der Waals surface area contributed by atoms with E-state index in [1.54, 1.807) is 0 Å². The Kier molecular flexibility index (Phi) is 3.62. The van der Waals surface area contributed by atoms with E-state index in [1.165, 1.54) is 9.71 Å². The predicted octanol–water partition coefficient (Wildman–Crippen LogP) is 3.18. The average Bonchev–Trinajstić information content (AvgIpc) is 3.10. The van der Waals surface area contributed by atoms with Gasteiger partial charge in [0.1, 0.15) is 12.1 Å². The van der Waals surface area contributed by atoms with Crippen molar-refractivity contribution in [3.8, 4) is 0 Å². The summed E-state index contributed by atoms with van der Waals surface area (Å²) >= 11 is 1.82. The smallest absolute Gasteiger partial charge is 0.323 e. The van der Waals surface area contributed by atoms with Crippen LogP contribution in [0.1, 0.15) is 37.1 Å². The monoisotopic (exact) mass is 316 g/mol. The van der Waals surface area contributed by atoms with E-state index in [-0.39, 0.29) is 18.1 Å². The molecule has 0 N–H and O–H groups in total. The maximum atomic E-state index is 11.9. The first-order chi connectivity index (χ1) is 10.7. The summed E-state index contributed by atoms with van der Waals surface area (Å²) in [6.07, 6.45) is 3.07. The fourth-order valence-electron chi connectivity index (χ4n) is 3.56. The molecule has 116 valence electrons. The van der Waals surface area contributed by atoms with E-state index >= 15 is 0 Å². The highest BCUT2D eigenvalue weighted by Crippen LogP contribution is 2.35. The molecule has 0 spiro atoms. The zero-order chi connectivity index (χ0) is 15.1. The number of esters is 1. The van der Waals surface area contributed by atoms with Crippen LogP contribution in [-0.4, -0.2) is 41.1 Å². The van der Waals surface area contributed by atoms with Gasteiger partial charge in [0.25, 0.3) is 0 Å². The molecule has 2 fully saturated rings. The van der Waals surface area contributed by atoms with Gasteiger partial charge < -0.3 is 4.74 Å². The van der Waals surface area contributed by atoms with Crippen LogP contribution in [0, 0.1) is 0 Å². The lowest BCUT2D eigenvalue weighted by Gasteiger charge is -2.33. The predicted molar refractivity (Wildman–Crippen MR) is 87.1 cm³/mol. The van der Waals surface area contributed by atoms with Crippen molar-refractivity contribution in [3.05, 3.63) is 29.3 Å². The molecular formula is C17H20N2O2S. The molecule has 2 saturated heterocycles. The number of benzene rings is 1. The molecule has 0 unspecified atom stereocenters. The van der Waals surface area contributed by atoms with Crippen molar-refractivity contribution in [3.63, 3.8) is 0 Å². The molecule has 2 atom stereocenters. The quantitative estimate of drug-likeness (QED) is 0.798. The number of para-hydroxylation sites is 1. The molecule has 4 nitrogen and oxygen atoms in total. The van der Waals surface area contributed by atoms with Gasteiger partial charge in [-0.25, -0.2) is 4.98 Å². The summed E-state index contributed by atoms with van der Waals surface area (Å²) in [5, 5.41) is 1.25. The molecule has 0 saturated carbocycles. The van der Waals surface area contributed by atoms with Crippen molar-refractivity contribution in [2.45, 2.75) is 44.2 Å². The number of carbonyl (C=O) groups excluding carboxylic acids is 1. The second-order valence-corrected chi connectivity index (χ2v) is 7.39. The van der Waals surface area contributed by atoms with Gasteiger partial charge in [-0.05, 0) is 45.0 Å². The van der Waals surface area contributed by atoms with Gasteiger partial charge in [0.05, 0.1) is 15.2 Å². The first kappa shape index (κ1) is 14.2. The molecule has 0 radical (unpaired) electrons. The number of likely N-dealkylation sites (tertiary alicyclic amines) is 1. The lowest BCUT2D eigenvalue weighted by molar-refractivity contribution is -0.145. The number of ether oxygens (including phenoxy) is 1. The minimum atomic E-state index is -0.0362. The van der Waals surface area contributed by atoms with E-state index in [1.807, 2.05) is 24.3 Å². The molecule has 0 aliphatic carbocycles. The Morgan fingerprint density at radius 3 is 2.73 bits per heavy atom. The van der Waals surface area contributed by atoms with Crippen molar-refractivity contribution >= 4 is 27.5 Å². The highest BCUT2D eigenvalue weighted by atomic mass is 32.1. The molecule has 2 aliphatic rings. The van der Waals surface area contributed by atoms with Crippen molar-refractivity contribution < 1.29 is 9.53 Å². The van der Waals surface area contributed by atoms with Crippen molar-refractivity contribution in [2.75, 3.05) is 13.1 Å². The number of nitrogens with zero attached hydrogens (tertiary/aromatic N) is 2. The number of piperidine rings is 1. The number of cyclic esters (lactones) is 1. The van der Waals surface area contributed by atoms with Crippen molar-refractivity contribution in [1.29, 1.82) is 0 Å². The van der Waals surface area contributed by atoms with Gasteiger partial charge >= 0.3 is 5.97 Å². The number of hydrogen-bond donors (Lipinski definition) is 0. The number of hydrogen-bond acceptors (Lipinski definition) is 5. The Bertz CT molecular complexity index is 658. The average molecular weight is 316 g/mol. The fraction of sp³-hybridized carbons (Fsp3) is 0.529. The molecule has 1 aromatic heterocycles. The minimum Gasteiger partial charge on any atom is -0.461 e. The summed E-state index contributed by atoms with van der Waals surface area (Å²) in [7, 11) is 0. The topological polar surface area (TPSA) is 42.4 Å². The normalized spacial score (nSPS) is 27.4. The van der Waals surface area contributed by atoms with E-state index in [0.717, 1.165) is 37.9 Å². The van der Waals surface area contributed by atoms with Crippen LogP contribution in [0.2, 0.25) is 0 Å². The number of aromatic nitrogens is 1. The van der Waals surface area contributed by atoms with Crippen molar-refractivity contribution in [2.24, 2.45) is 0 Å². The van der Waals surface area contributed by atoms with Gasteiger partial charge in [0.15, 0.2) is 0 Å². The van der Waals surface area contributed by atoms with Crippen LogP contribution >= 0.6 is 11.3 Å². The molecule has 0 amide bonds. The zero-order valence-corrected chi connectivity index (χ0v) is 13.5. The van der Waals surface area contributed by atoms with E-state index in [0.29, 0.717) is 5.92 Å². The molecule has 4 rings (SSSR count). The van der Waals surface area contributed by atoms with Crippen LogP contribution < -0.4 is 0 Å². The number of thiazole rings is 1. The van der Waals surface area contributed by atoms with Crippen LogP contribution in [-0.2, 0) is 9.53 Å².